The predicted molar refractivity (Wildman–Crippen MR) is 109 cm³/mol. The van der Waals surface area contributed by atoms with Gasteiger partial charge in [0.1, 0.15) is 0 Å². The van der Waals surface area contributed by atoms with E-state index in [1.165, 1.54) is 50.5 Å². The van der Waals surface area contributed by atoms with Crippen molar-refractivity contribution < 1.29 is 4.74 Å². The summed E-state index contributed by atoms with van der Waals surface area (Å²) in [5.74, 6) is 1.92. The Hall–Kier alpha value is -0.300. The van der Waals surface area contributed by atoms with Gasteiger partial charge in [-0.25, -0.2) is 0 Å². The highest BCUT2D eigenvalue weighted by Gasteiger charge is 2.12. The molecule has 4 nitrogen and oxygen atoms in total. The highest BCUT2D eigenvalue weighted by Crippen LogP contribution is 2.26. The summed E-state index contributed by atoms with van der Waals surface area (Å²) in [4.78, 5) is 4.31. The molecule has 0 saturated heterocycles. The van der Waals surface area contributed by atoms with Crippen LogP contribution < -0.4 is 10.6 Å². The van der Waals surface area contributed by atoms with Gasteiger partial charge in [0.25, 0.3) is 0 Å². The van der Waals surface area contributed by atoms with E-state index < -0.39 is 0 Å². The number of hydrogen-bond donors (Lipinski definition) is 2. The zero-order valence-electron chi connectivity index (χ0n) is 14.6. The molecule has 1 aliphatic heterocycles. The lowest BCUT2D eigenvalue weighted by Gasteiger charge is -2.21. The van der Waals surface area contributed by atoms with E-state index in [-0.39, 0.29) is 24.0 Å². The van der Waals surface area contributed by atoms with Crippen molar-refractivity contribution in [3.05, 3.63) is 11.6 Å². The Morgan fingerprint density at radius 3 is 2.70 bits per heavy atom. The quantitative estimate of drug-likeness (QED) is 0.210. The van der Waals surface area contributed by atoms with E-state index in [4.69, 9.17) is 4.74 Å². The highest BCUT2D eigenvalue weighted by molar-refractivity contribution is 14.0. The van der Waals surface area contributed by atoms with Crippen LogP contribution in [0, 0.1) is 5.92 Å². The molecule has 2 rings (SSSR count). The lowest BCUT2D eigenvalue weighted by Crippen LogP contribution is -2.38. The van der Waals surface area contributed by atoms with Crippen molar-refractivity contribution in [2.24, 2.45) is 10.9 Å². The first kappa shape index (κ1) is 20.7. The van der Waals surface area contributed by atoms with Gasteiger partial charge in [-0.1, -0.05) is 43.8 Å². The minimum atomic E-state index is 0. The van der Waals surface area contributed by atoms with E-state index in [0.717, 1.165) is 51.0 Å². The van der Waals surface area contributed by atoms with Crippen LogP contribution >= 0.6 is 24.0 Å². The standard InChI is InChI=1S/C18H33N3O.HI/c1-19-18(21-13-9-17-10-14-22-15-11-17)20-12-5-8-16-6-3-2-4-7-16;/h10,16H,2-9,11-15H2,1H3,(H2,19,20,21);1H. The van der Waals surface area contributed by atoms with E-state index in [9.17, 15) is 0 Å². The number of aliphatic imine (C=N–C) groups is 1. The van der Waals surface area contributed by atoms with Crippen molar-refractivity contribution >= 4 is 29.9 Å². The molecule has 1 saturated carbocycles. The van der Waals surface area contributed by atoms with Crippen molar-refractivity contribution in [2.75, 3.05) is 33.4 Å². The minimum absolute atomic E-state index is 0. The lowest BCUT2D eigenvalue weighted by molar-refractivity contribution is 0.153. The summed E-state index contributed by atoms with van der Waals surface area (Å²) in [6.45, 7) is 3.64. The van der Waals surface area contributed by atoms with Gasteiger partial charge in [-0.15, -0.1) is 24.0 Å². The molecule has 134 valence electrons. The average Bonchev–Trinajstić information content (AvgIpc) is 2.59. The molecular formula is C18H34IN3O. The summed E-state index contributed by atoms with van der Waals surface area (Å²) in [6, 6.07) is 0. The van der Waals surface area contributed by atoms with Crippen molar-refractivity contribution in [3.63, 3.8) is 0 Å². The largest absolute Gasteiger partial charge is 0.377 e. The molecule has 0 unspecified atom stereocenters. The van der Waals surface area contributed by atoms with Crippen LogP contribution in [0.4, 0.5) is 0 Å². The molecule has 0 spiro atoms. The smallest absolute Gasteiger partial charge is 0.190 e. The molecule has 2 N–H and O–H groups in total. The Morgan fingerprint density at radius 2 is 2.00 bits per heavy atom. The Bertz CT molecular complexity index is 365. The van der Waals surface area contributed by atoms with Crippen LogP contribution in [-0.4, -0.2) is 39.3 Å². The second kappa shape index (κ2) is 13.0. The Balaban J connectivity index is 0.00000264. The maximum absolute atomic E-state index is 5.33. The zero-order valence-corrected chi connectivity index (χ0v) is 16.9. The zero-order chi connectivity index (χ0) is 15.5. The number of ether oxygens (including phenoxy) is 1. The van der Waals surface area contributed by atoms with Crippen molar-refractivity contribution in [1.82, 2.24) is 10.6 Å². The molecule has 0 aromatic rings. The summed E-state index contributed by atoms with van der Waals surface area (Å²) in [5, 5.41) is 6.85. The van der Waals surface area contributed by atoms with E-state index >= 15 is 0 Å². The van der Waals surface area contributed by atoms with Crippen LogP contribution in [-0.2, 0) is 4.74 Å². The van der Waals surface area contributed by atoms with Crippen LogP contribution in [0.1, 0.15) is 57.8 Å². The molecule has 5 heteroatoms. The van der Waals surface area contributed by atoms with Crippen molar-refractivity contribution in [2.45, 2.75) is 57.8 Å². The molecule has 0 aromatic carbocycles. The topological polar surface area (TPSA) is 45.7 Å². The minimum Gasteiger partial charge on any atom is -0.377 e. The highest BCUT2D eigenvalue weighted by atomic mass is 127. The maximum atomic E-state index is 5.33. The molecule has 0 bridgehead atoms. The Labute approximate surface area is 158 Å². The number of hydrogen-bond acceptors (Lipinski definition) is 2. The van der Waals surface area contributed by atoms with Crippen LogP contribution in [0.15, 0.2) is 16.6 Å². The van der Waals surface area contributed by atoms with E-state index in [2.05, 4.69) is 21.7 Å². The summed E-state index contributed by atoms with van der Waals surface area (Å²) < 4.78 is 5.33. The third-order valence-corrected chi connectivity index (χ3v) is 4.83. The van der Waals surface area contributed by atoms with Gasteiger partial charge in [-0.05, 0) is 31.6 Å². The molecule has 0 radical (unpaired) electrons. The number of nitrogens with one attached hydrogen (secondary N) is 2. The van der Waals surface area contributed by atoms with Crippen LogP contribution in [0.3, 0.4) is 0 Å². The Kier molecular flexibility index (Phi) is 11.8. The molecule has 23 heavy (non-hydrogen) atoms. The summed E-state index contributed by atoms with van der Waals surface area (Å²) in [7, 11) is 1.85. The van der Waals surface area contributed by atoms with Gasteiger partial charge in [0.15, 0.2) is 5.96 Å². The molecule has 1 aliphatic carbocycles. The second-order valence-electron chi connectivity index (χ2n) is 6.51. The van der Waals surface area contributed by atoms with Gasteiger partial charge >= 0.3 is 0 Å². The normalized spacial score (nSPS) is 19.7. The summed E-state index contributed by atoms with van der Waals surface area (Å²) in [5.41, 5.74) is 1.51. The van der Waals surface area contributed by atoms with Crippen molar-refractivity contribution in [1.29, 1.82) is 0 Å². The van der Waals surface area contributed by atoms with Gasteiger partial charge in [-0.3, -0.25) is 4.99 Å². The fraction of sp³-hybridized carbons (Fsp3) is 0.833. The van der Waals surface area contributed by atoms with Gasteiger partial charge < -0.3 is 15.4 Å². The number of guanidine groups is 1. The molecule has 1 fully saturated rings. The fourth-order valence-corrected chi connectivity index (χ4v) is 3.43. The third kappa shape index (κ3) is 8.94. The van der Waals surface area contributed by atoms with Gasteiger partial charge in [0.05, 0.1) is 13.2 Å². The first-order valence-corrected chi connectivity index (χ1v) is 9.08. The SMILES string of the molecule is CN=C(NCCCC1CCCCC1)NCCC1=CCOCC1.I. The Morgan fingerprint density at radius 1 is 1.22 bits per heavy atom. The van der Waals surface area contributed by atoms with Gasteiger partial charge in [0.2, 0.25) is 0 Å². The summed E-state index contributed by atoms with van der Waals surface area (Å²) in [6.07, 6.45) is 14.3. The number of nitrogens with zero attached hydrogens (tertiary/aromatic N) is 1. The van der Waals surface area contributed by atoms with Crippen LogP contribution in [0.25, 0.3) is 0 Å². The van der Waals surface area contributed by atoms with E-state index in [0.29, 0.717) is 0 Å². The first-order chi connectivity index (χ1) is 10.9. The molecule has 1 heterocycles. The third-order valence-electron chi connectivity index (χ3n) is 4.83. The molecular weight excluding hydrogens is 401 g/mol. The molecule has 0 aromatic heterocycles. The predicted octanol–water partition coefficient (Wildman–Crippen LogP) is 3.87. The molecule has 0 amide bonds. The molecule has 0 atom stereocenters. The van der Waals surface area contributed by atoms with Crippen LogP contribution in [0.5, 0.6) is 0 Å². The van der Waals surface area contributed by atoms with Gasteiger partial charge in [-0.2, -0.15) is 0 Å². The first-order valence-electron chi connectivity index (χ1n) is 9.08. The maximum Gasteiger partial charge on any atom is 0.190 e. The van der Waals surface area contributed by atoms with Crippen molar-refractivity contribution in [3.8, 4) is 0 Å². The number of rotatable bonds is 7. The number of halogens is 1. The van der Waals surface area contributed by atoms with Gasteiger partial charge in [0, 0.05) is 20.1 Å². The fourth-order valence-electron chi connectivity index (χ4n) is 3.43. The summed E-state index contributed by atoms with van der Waals surface area (Å²) >= 11 is 0. The average molecular weight is 435 g/mol. The van der Waals surface area contributed by atoms with E-state index in [1.54, 1.807) is 0 Å². The van der Waals surface area contributed by atoms with Crippen LogP contribution in [0.2, 0.25) is 0 Å². The monoisotopic (exact) mass is 435 g/mol. The molecule has 2 aliphatic rings. The van der Waals surface area contributed by atoms with E-state index in [1.807, 2.05) is 7.05 Å². The second-order valence-corrected chi connectivity index (χ2v) is 6.51. The lowest BCUT2D eigenvalue weighted by atomic mass is 9.86.